The molecule has 1 saturated carbocycles. The van der Waals surface area contributed by atoms with Crippen LogP contribution in [0, 0.1) is 5.41 Å². The molecule has 0 aromatic rings. The Bertz CT molecular complexity index is 1420. The minimum absolute atomic E-state index is 0.0489. The summed E-state index contributed by atoms with van der Waals surface area (Å²) in [6, 6.07) is -1.30. The van der Waals surface area contributed by atoms with E-state index < -0.39 is 59.7 Å². The highest BCUT2D eigenvalue weighted by molar-refractivity contribution is 5.11. The summed E-state index contributed by atoms with van der Waals surface area (Å²) in [4.78, 5) is 9.78. The van der Waals surface area contributed by atoms with Crippen LogP contribution < -0.4 is 0 Å². The van der Waals surface area contributed by atoms with E-state index in [-0.39, 0.29) is 70.0 Å². The van der Waals surface area contributed by atoms with Gasteiger partial charge in [-0.2, -0.15) is 0 Å². The Kier molecular flexibility index (Phi) is 17.0. The van der Waals surface area contributed by atoms with Gasteiger partial charge in [-0.3, -0.25) is 19.6 Å². The van der Waals surface area contributed by atoms with E-state index in [1.54, 1.807) is 6.92 Å². The van der Waals surface area contributed by atoms with E-state index in [1.807, 2.05) is 0 Å². The van der Waals surface area contributed by atoms with Crippen LogP contribution in [0.15, 0.2) is 0 Å². The molecule has 12 atom stereocenters. The predicted octanol–water partition coefficient (Wildman–Crippen LogP) is 9.22. The zero-order chi connectivity index (χ0) is 49.4. The van der Waals surface area contributed by atoms with Crippen molar-refractivity contribution in [3.8, 4) is 0 Å². The Hall–Kier alpha value is -0.440. The van der Waals surface area contributed by atoms with Crippen molar-refractivity contribution in [1.29, 1.82) is 0 Å². The molecule has 0 aromatic carbocycles. The number of rotatable bonds is 9. The minimum atomic E-state index is -1.39. The Morgan fingerprint density at radius 2 is 0.921 bits per heavy atom. The third-order valence-electron chi connectivity index (χ3n) is 13.5. The van der Waals surface area contributed by atoms with Crippen LogP contribution in [0.4, 0.5) is 0 Å². The molecule has 1 aliphatic carbocycles. The maximum atomic E-state index is 13.5. The maximum absolute atomic E-state index is 13.5. The van der Waals surface area contributed by atoms with Gasteiger partial charge in [0, 0.05) is 56.9 Å². The van der Waals surface area contributed by atoms with Crippen LogP contribution >= 0.6 is 0 Å². The minimum Gasteiger partial charge on any atom is -0.388 e. The summed E-state index contributed by atoms with van der Waals surface area (Å²) in [7, 11) is 0. The number of ether oxygens (including phenoxy) is 4. The molecule has 63 heavy (non-hydrogen) atoms. The van der Waals surface area contributed by atoms with Gasteiger partial charge in [-0.05, 0) is 191 Å². The van der Waals surface area contributed by atoms with Gasteiger partial charge < -0.3 is 34.3 Å². The Labute approximate surface area is 388 Å². The Morgan fingerprint density at radius 1 is 0.524 bits per heavy atom. The van der Waals surface area contributed by atoms with Crippen molar-refractivity contribution in [2.75, 3.05) is 6.61 Å². The average molecular weight is 897 g/mol. The van der Waals surface area contributed by atoms with E-state index in [1.165, 1.54) is 0 Å². The summed E-state index contributed by atoms with van der Waals surface area (Å²) < 4.78 is 28.5. The smallest absolute Gasteiger partial charge is 0.185 e. The maximum Gasteiger partial charge on any atom is 0.185 e. The highest BCUT2D eigenvalue weighted by Crippen LogP contribution is 2.46. The second kappa shape index (κ2) is 18.8. The number of hydrogen-bond donors (Lipinski definition) is 3. The Morgan fingerprint density at radius 3 is 1.30 bits per heavy atom. The van der Waals surface area contributed by atoms with Gasteiger partial charge in [0.1, 0.15) is 30.0 Å². The van der Waals surface area contributed by atoms with Gasteiger partial charge in [0.25, 0.3) is 0 Å². The topological polar surface area (TPSA) is 111 Å². The first-order chi connectivity index (χ1) is 27.8. The van der Waals surface area contributed by atoms with Crippen LogP contribution in [-0.2, 0) is 18.9 Å². The van der Waals surface area contributed by atoms with E-state index in [0.717, 1.165) is 12.8 Å². The normalized spacial score (nSPS) is 34.2. The monoisotopic (exact) mass is 897 g/mol. The van der Waals surface area contributed by atoms with Gasteiger partial charge in [-0.25, -0.2) is 0 Å². The standard InChI is InChI=1S/C52H104N4O7/c1-32(2)53(45(6,7)8)34-30-35(55(48(15,16)17)49(18,19)20)40(63-43-38(58)41(52(27,59)31-60-43)56(50(21,22)23)51(24,25)26)37(57)39(34)62-42-33(28-29-36(61-42)44(3,4)5)54(46(9,10)11)47(12,13)14/h32-43,57-59H,28-31H2,1-27H3/t33-,34+,35-,36?,37+,38-,39-,40+,41-,42-,43-,52+/m1/s1. The summed E-state index contributed by atoms with van der Waals surface area (Å²) in [6.07, 6.45) is -3.48. The molecule has 2 saturated heterocycles. The summed E-state index contributed by atoms with van der Waals surface area (Å²) in [5.74, 6) is 0. The van der Waals surface area contributed by atoms with Crippen LogP contribution in [0.5, 0.6) is 0 Å². The molecule has 2 aliphatic heterocycles. The fraction of sp³-hybridized carbons (Fsp3) is 1.00. The first kappa shape index (κ1) is 56.9. The van der Waals surface area contributed by atoms with Crippen LogP contribution in [0.3, 0.4) is 0 Å². The molecule has 1 unspecified atom stereocenters. The molecular weight excluding hydrogens is 793 g/mol. The van der Waals surface area contributed by atoms with Crippen LogP contribution in [-0.4, -0.2) is 159 Å². The highest BCUT2D eigenvalue weighted by Gasteiger charge is 2.60. The van der Waals surface area contributed by atoms with Gasteiger partial charge in [0.2, 0.25) is 0 Å². The molecular formula is C52H104N4O7. The lowest BCUT2D eigenvalue weighted by atomic mass is 9.76. The van der Waals surface area contributed by atoms with Crippen LogP contribution in [0.25, 0.3) is 0 Å². The van der Waals surface area contributed by atoms with Gasteiger partial charge in [0.05, 0.1) is 24.8 Å². The molecule has 0 radical (unpaired) electrons. The third-order valence-corrected chi connectivity index (χ3v) is 13.5. The lowest BCUT2D eigenvalue weighted by molar-refractivity contribution is -0.338. The summed E-state index contributed by atoms with van der Waals surface area (Å²) in [5.41, 5.74) is -3.77. The van der Waals surface area contributed by atoms with E-state index >= 15 is 0 Å². The molecule has 3 fully saturated rings. The molecule has 2 heterocycles. The highest BCUT2D eigenvalue weighted by atomic mass is 16.7. The second-order valence-electron chi connectivity index (χ2n) is 28.3. The molecule has 11 heteroatoms. The SMILES string of the molecule is CC(C)N([C@H]1C[C@@H](N(C(C)(C)C)C(C)(C)C)[C@H](O[C@H]2OC[C@](C)(O)[C@H](N(C(C)(C)C)C(C)(C)C)[C@H]2O)[C@@H](O)[C@@H]1O[C@H]1OC(C(C)(C)C)CC[C@H]1N(C(C)(C)C)C(C)(C)C)C(C)(C)C. The zero-order valence-electron chi connectivity index (χ0n) is 46.0. The van der Waals surface area contributed by atoms with Crippen molar-refractivity contribution in [3.63, 3.8) is 0 Å². The van der Waals surface area contributed by atoms with Gasteiger partial charge in [-0.1, -0.05) is 20.8 Å². The van der Waals surface area contributed by atoms with Gasteiger partial charge >= 0.3 is 0 Å². The molecule has 0 bridgehead atoms. The average Bonchev–Trinajstić information content (AvgIpc) is 2.99. The van der Waals surface area contributed by atoms with Crippen LogP contribution in [0.1, 0.15) is 206 Å². The van der Waals surface area contributed by atoms with Crippen molar-refractivity contribution in [2.24, 2.45) is 5.41 Å². The van der Waals surface area contributed by atoms with Crippen molar-refractivity contribution in [3.05, 3.63) is 0 Å². The quantitative estimate of drug-likeness (QED) is 0.206. The number of nitrogens with zero attached hydrogens (tertiary/aromatic N) is 4. The summed E-state index contributed by atoms with van der Waals surface area (Å²) in [6.45, 7) is 59.3. The summed E-state index contributed by atoms with van der Waals surface area (Å²) >= 11 is 0. The molecule has 11 nitrogen and oxygen atoms in total. The molecule has 0 amide bonds. The predicted molar refractivity (Wildman–Crippen MR) is 260 cm³/mol. The van der Waals surface area contributed by atoms with Crippen molar-refractivity contribution in [2.45, 2.75) is 324 Å². The van der Waals surface area contributed by atoms with Gasteiger partial charge in [0.15, 0.2) is 12.6 Å². The molecule has 0 spiro atoms. The van der Waals surface area contributed by atoms with Crippen molar-refractivity contribution in [1.82, 2.24) is 19.6 Å². The molecule has 3 aliphatic rings. The molecule has 3 N–H and O–H groups in total. The first-order valence-electron chi connectivity index (χ1n) is 24.6. The van der Waals surface area contributed by atoms with E-state index in [2.05, 4.69) is 200 Å². The van der Waals surface area contributed by atoms with Crippen LogP contribution in [0.2, 0.25) is 0 Å². The molecule has 374 valence electrons. The van der Waals surface area contributed by atoms with Crippen molar-refractivity contribution >= 4 is 0 Å². The Balaban J connectivity index is 2.39. The largest absolute Gasteiger partial charge is 0.388 e. The number of aliphatic hydroxyl groups is 3. The number of hydrogen-bond acceptors (Lipinski definition) is 11. The molecule has 3 rings (SSSR count). The number of aliphatic hydroxyl groups excluding tert-OH is 2. The second-order valence-corrected chi connectivity index (χ2v) is 28.3. The lowest BCUT2D eigenvalue weighted by Gasteiger charge is -2.61. The van der Waals surface area contributed by atoms with E-state index in [0.29, 0.717) is 6.42 Å². The van der Waals surface area contributed by atoms with E-state index in [4.69, 9.17) is 18.9 Å². The summed E-state index contributed by atoms with van der Waals surface area (Å²) in [5, 5.41) is 38.2. The lowest BCUT2D eigenvalue weighted by Crippen LogP contribution is -2.75. The van der Waals surface area contributed by atoms with Crippen molar-refractivity contribution < 1.29 is 34.3 Å². The first-order valence-corrected chi connectivity index (χ1v) is 24.6. The molecule has 0 aromatic heterocycles. The fourth-order valence-electron chi connectivity index (χ4n) is 13.1. The third kappa shape index (κ3) is 13.2. The van der Waals surface area contributed by atoms with E-state index in [9.17, 15) is 15.3 Å². The van der Waals surface area contributed by atoms with Gasteiger partial charge in [-0.15, -0.1) is 0 Å². The zero-order valence-corrected chi connectivity index (χ0v) is 46.0. The fourth-order valence-corrected chi connectivity index (χ4v) is 13.1.